The minimum Gasteiger partial charge on any atom is -0.489 e. The molecule has 0 saturated heterocycles. The third-order valence-electron chi connectivity index (χ3n) is 2.05. The van der Waals surface area contributed by atoms with Crippen molar-refractivity contribution in [2.24, 2.45) is 0 Å². The zero-order valence-corrected chi connectivity index (χ0v) is 9.12. The number of aromatic nitrogens is 1. The Morgan fingerprint density at radius 2 is 2.19 bits per heavy atom. The molecule has 0 N–H and O–H groups in total. The Hall–Kier alpha value is -1.61. The van der Waals surface area contributed by atoms with Crippen LogP contribution in [0.3, 0.4) is 0 Å². The van der Waals surface area contributed by atoms with Crippen LogP contribution in [0.5, 0.6) is 5.75 Å². The summed E-state index contributed by atoms with van der Waals surface area (Å²) >= 11 is 5.91. The lowest BCUT2D eigenvalue weighted by molar-refractivity contribution is 0.304. The highest BCUT2D eigenvalue weighted by atomic mass is 35.5. The van der Waals surface area contributed by atoms with Crippen molar-refractivity contribution in [1.29, 1.82) is 0 Å². The molecule has 82 valence electrons. The Bertz CT molecular complexity index is 490. The van der Waals surface area contributed by atoms with E-state index in [4.69, 9.17) is 16.3 Å². The third-order valence-corrected chi connectivity index (χ3v) is 2.39. The zero-order valence-electron chi connectivity index (χ0n) is 8.36. The maximum atomic E-state index is 12.9. The Morgan fingerprint density at radius 3 is 2.94 bits per heavy atom. The second kappa shape index (κ2) is 4.94. The molecule has 2 rings (SSSR count). The molecule has 2 aromatic rings. The van der Waals surface area contributed by atoms with Gasteiger partial charge in [0.2, 0.25) is 0 Å². The van der Waals surface area contributed by atoms with Gasteiger partial charge in [-0.25, -0.2) is 4.39 Å². The van der Waals surface area contributed by atoms with E-state index < -0.39 is 0 Å². The molecule has 0 fully saturated rings. The van der Waals surface area contributed by atoms with Gasteiger partial charge in [0, 0.05) is 24.0 Å². The molecule has 0 atom stereocenters. The van der Waals surface area contributed by atoms with Gasteiger partial charge >= 0.3 is 0 Å². The average molecular weight is 238 g/mol. The molecule has 0 aliphatic carbocycles. The Labute approximate surface area is 97.7 Å². The Kier molecular flexibility index (Phi) is 3.37. The lowest BCUT2D eigenvalue weighted by atomic mass is 10.3. The monoisotopic (exact) mass is 237 g/mol. The molecule has 1 aromatic carbocycles. The molecular formula is C12H9ClFNO. The molecule has 0 aliphatic heterocycles. The van der Waals surface area contributed by atoms with Crippen molar-refractivity contribution in [3.63, 3.8) is 0 Å². The Morgan fingerprint density at radius 1 is 1.31 bits per heavy atom. The van der Waals surface area contributed by atoms with E-state index in [2.05, 4.69) is 4.98 Å². The van der Waals surface area contributed by atoms with Crippen molar-refractivity contribution in [1.82, 2.24) is 4.98 Å². The summed E-state index contributed by atoms with van der Waals surface area (Å²) in [4.78, 5) is 3.87. The molecule has 0 aliphatic rings. The van der Waals surface area contributed by atoms with Crippen molar-refractivity contribution in [2.75, 3.05) is 0 Å². The summed E-state index contributed by atoms with van der Waals surface area (Å²) in [5, 5.41) is 0.541. The number of ether oxygens (including phenoxy) is 1. The largest absolute Gasteiger partial charge is 0.489 e. The molecule has 0 saturated carbocycles. The molecule has 2 nitrogen and oxygen atoms in total. The smallest absolute Gasteiger partial charge is 0.126 e. The van der Waals surface area contributed by atoms with E-state index in [0.29, 0.717) is 17.4 Å². The first-order valence-electron chi connectivity index (χ1n) is 4.72. The second-order valence-electron chi connectivity index (χ2n) is 3.21. The standard InChI is InChI=1S/C12H9ClFNO/c13-12-7-15-5-4-9(12)8-16-11-3-1-2-10(14)6-11/h1-7H,8H2. The summed E-state index contributed by atoms with van der Waals surface area (Å²) in [7, 11) is 0. The van der Waals surface area contributed by atoms with Gasteiger partial charge in [-0.2, -0.15) is 0 Å². The number of hydrogen-bond acceptors (Lipinski definition) is 2. The molecule has 0 amide bonds. The van der Waals surface area contributed by atoms with Crippen molar-refractivity contribution >= 4 is 11.6 Å². The maximum absolute atomic E-state index is 12.9. The van der Waals surface area contributed by atoms with Crippen LogP contribution in [0.1, 0.15) is 5.56 Å². The minimum absolute atomic E-state index is 0.296. The SMILES string of the molecule is Fc1cccc(OCc2ccncc2Cl)c1. The molecule has 0 unspecified atom stereocenters. The van der Waals surface area contributed by atoms with Crippen LogP contribution in [-0.4, -0.2) is 4.98 Å². The number of benzene rings is 1. The van der Waals surface area contributed by atoms with Gasteiger partial charge in [0.25, 0.3) is 0 Å². The molecular weight excluding hydrogens is 229 g/mol. The van der Waals surface area contributed by atoms with Gasteiger partial charge in [-0.3, -0.25) is 4.98 Å². The highest BCUT2D eigenvalue weighted by Gasteiger charge is 2.01. The quantitative estimate of drug-likeness (QED) is 0.816. The molecule has 0 radical (unpaired) electrons. The lowest BCUT2D eigenvalue weighted by Gasteiger charge is -2.07. The molecule has 0 spiro atoms. The molecule has 1 aromatic heterocycles. The van der Waals surface area contributed by atoms with Crippen molar-refractivity contribution in [3.8, 4) is 5.75 Å². The van der Waals surface area contributed by atoms with E-state index in [1.165, 1.54) is 12.1 Å². The summed E-state index contributed by atoms with van der Waals surface area (Å²) in [6, 6.07) is 7.75. The van der Waals surface area contributed by atoms with Crippen molar-refractivity contribution < 1.29 is 9.13 Å². The summed E-state index contributed by atoms with van der Waals surface area (Å²) in [6.45, 7) is 0.296. The van der Waals surface area contributed by atoms with E-state index in [0.717, 1.165) is 5.56 Å². The van der Waals surface area contributed by atoms with Gasteiger partial charge in [-0.15, -0.1) is 0 Å². The first kappa shape index (κ1) is 10.9. The van der Waals surface area contributed by atoms with Gasteiger partial charge in [0.15, 0.2) is 0 Å². The van der Waals surface area contributed by atoms with Crippen LogP contribution >= 0.6 is 11.6 Å². The summed E-state index contributed by atoms with van der Waals surface area (Å²) < 4.78 is 18.3. The van der Waals surface area contributed by atoms with E-state index in [-0.39, 0.29) is 5.82 Å². The second-order valence-corrected chi connectivity index (χ2v) is 3.62. The third kappa shape index (κ3) is 2.70. The van der Waals surface area contributed by atoms with Crippen LogP contribution in [0, 0.1) is 5.82 Å². The van der Waals surface area contributed by atoms with Crippen LogP contribution in [0.25, 0.3) is 0 Å². The van der Waals surface area contributed by atoms with Gasteiger partial charge in [-0.05, 0) is 18.2 Å². The normalized spacial score (nSPS) is 10.1. The van der Waals surface area contributed by atoms with Gasteiger partial charge in [0.05, 0.1) is 5.02 Å². The maximum Gasteiger partial charge on any atom is 0.126 e. The first-order valence-corrected chi connectivity index (χ1v) is 5.10. The fourth-order valence-corrected chi connectivity index (χ4v) is 1.41. The number of rotatable bonds is 3. The minimum atomic E-state index is -0.321. The fourth-order valence-electron chi connectivity index (χ4n) is 1.24. The van der Waals surface area contributed by atoms with Crippen molar-refractivity contribution in [3.05, 3.63) is 59.1 Å². The van der Waals surface area contributed by atoms with E-state index >= 15 is 0 Å². The number of hydrogen-bond donors (Lipinski definition) is 0. The zero-order chi connectivity index (χ0) is 11.4. The van der Waals surface area contributed by atoms with Crippen LogP contribution in [-0.2, 0) is 6.61 Å². The summed E-state index contributed by atoms with van der Waals surface area (Å²) in [5.41, 5.74) is 0.820. The van der Waals surface area contributed by atoms with E-state index in [1.807, 2.05) is 0 Å². The van der Waals surface area contributed by atoms with E-state index in [9.17, 15) is 4.39 Å². The summed E-state index contributed by atoms with van der Waals surface area (Å²) in [6.07, 6.45) is 3.18. The molecule has 16 heavy (non-hydrogen) atoms. The molecule has 1 heterocycles. The van der Waals surface area contributed by atoms with Gasteiger partial charge in [0.1, 0.15) is 18.2 Å². The van der Waals surface area contributed by atoms with Crippen LogP contribution in [0.2, 0.25) is 5.02 Å². The number of halogens is 2. The van der Waals surface area contributed by atoms with Crippen molar-refractivity contribution in [2.45, 2.75) is 6.61 Å². The average Bonchev–Trinajstić information content (AvgIpc) is 2.28. The lowest BCUT2D eigenvalue weighted by Crippen LogP contribution is -1.96. The predicted octanol–water partition coefficient (Wildman–Crippen LogP) is 3.45. The predicted molar refractivity (Wildman–Crippen MR) is 60.0 cm³/mol. The van der Waals surface area contributed by atoms with Gasteiger partial charge < -0.3 is 4.74 Å². The van der Waals surface area contributed by atoms with Crippen LogP contribution in [0.4, 0.5) is 4.39 Å². The number of nitrogens with zero attached hydrogens (tertiary/aromatic N) is 1. The molecule has 0 bridgehead atoms. The fraction of sp³-hybridized carbons (Fsp3) is 0.0833. The topological polar surface area (TPSA) is 22.1 Å². The Balaban J connectivity index is 2.05. The van der Waals surface area contributed by atoms with Crippen LogP contribution in [0.15, 0.2) is 42.7 Å². The van der Waals surface area contributed by atoms with Gasteiger partial charge in [-0.1, -0.05) is 17.7 Å². The highest BCUT2D eigenvalue weighted by molar-refractivity contribution is 6.31. The number of pyridine rings is 1. The van der Waals surface area contributed by atoms with Crippen LogP contribution < -0.4 is 4.74 Å². The van der Waals surface area contributed by atoms with E-state index in [1.54, 1.807) is 30.6 Å². The highest BCUT2D eigenvalue weighted by Crippen LogP contribution is 2.18. The summed E-state index contributed by atoms with van der Waals surface area (Å²) in [5.74, 6) is 0.159. The first-order chi connectivity index (χ1) is 7.75. The molecule has 4 heteroatoms.